The van der Waals surface area contributed by atoms with Crippen LogP contribution in [0.3, 0.4) is 0 Å². The molecule has 5 nitrogen and oxygen atoms in total. The fourth-order valence-corrected chi connectivity index (χ4v) is 4.05. The number of piperidine rings is 1. The molecule has 1 N–H and O–H groups in total. The second-order valence-electron chi connectivity index (χ2n) is 7.73. The van der Waals surface area contributed by atoms with Gasteiger partial charge in [0.15, 0.2) is 0 Å². The Morgan fingerprint density at radius 1 is 1.22 bits per heavy atom. The van der Waals surface area contributed by atoms with Gasteiger partial charge in [0.05, 0.1) is 13.2 Å². The summed E-state index contributed by atoms with van der Waals surface area (Å²) in [7, 11) is 1.69. The van der Waals surface area contributed by atoms with Crippen molar-refractivity contribution in [3.05, 3.63) is 29.8 Å². The summed E-state index contributed by atoms with van der Waals surface area (Å²) in [6, 6.07) is 9.05. The molecule has 1 aliphatic rings. The first kappa shape index (κ1) is 21.7. The maximum atomic E-state index is 12.5. The van der Waals surface area contributed by atoms with Crippen LogP contribution in [-0.4, -0.2) is 65.7 Å². The molecule has 2 unspecified atom stereocenters. The first-order valence-corrected chi connectivity index (χ1v) is 10.3. The highest BCUT2D eigenvalue weighted by Gasteiger charge is 2.23. The number of rotatable bonds is 9. The highest BCUT2D eigenvalue weighted by molar-refractivity contribution is 5.76. The van der Waals surface area contributed by atoms with E-state index in [0.29, 0.717) is 44.4 Å². The molecule has 1 amide bonds. The predicted octanol–water partition coefficient (Wildman–Crippen LogP) is 3.10. The van der Waals surface area contributed by atoms with Crippen LogP contribution >= 0.6 is 0 Å². The summed E-state index contributed by atoms with van der Waals surface area (Å²) in [5.74, 6) is 1.11. The van der Waals surface area contributed by atoms with Crippen LogP contribution in [0.15, 0.2) is 24.3 Å². The zero-order valence-electron chi connectivity index (χ0n) is 17.4. The third kappa shape index (κ3) is 6.51. The van der Waals surface area contributed by atoms with E-state index in [-0.39, 0.29) is 12.0 Å². The number of hydrogen-bond donors (Lipinski definition) is 1. The van der Waals surface area contributed by atoms with Crippen molar-refractivity contribution in [1.29, 1.82) is 0 Å². The minimum Gasteiger partial charge on any atom is -0.497 e. The predicted molar refractivity (Wildman–Crippen MR) is 109 cm³/mol. The molecule has 1 aromatic carbocycles. The van der Waals surface area contributed by atoms with E-state index in [1.54, 1.807) is 7.11 Å². The van der Waals surface area contributed by atoms with Gasteiger partial charge in [-0.25, -0.2) is 0 Å². The Labute approximate surface area is 164 Å². The number of benzene rings is 1. The molecule has 1 saturated heterocycles. The lowest BCUT2D eigenvalue weighted by molar-refractivity contribution is -0.133. The van der Waals surface area contributed by atoms with Crippen LogP contribution in [0.5, 0.6) is 5.75 Å². The number of ether oxygens (including phenoxy) is 1. The van der Waals surface area contributed by atoms with Crippen LogP contribution in [0, 0.1) is 0 Å². The average molecular weight is 377 g/mol. The van der Waals surface area contributed by atoms with Gasteiger partial charge in [-0.1, -0.05) is 19.1 Å². The van der Waals surface area contributed by atoms with Crippen molar-refractivity contribution < 1.29 is 14.6 Å². The molecule has 0 radical (unpaired) electrons. The SMILES string of the molecule is CCN(C(C)CCC(=O)N1CCC(O)CC1)C(C)Cc1ccc(OC)cc1. The minimum atomic E-state index is -0.234. The summed E-state index contributed by atoms with van der Waals surface area (Å²) in [5, 5.41) is 9.59. The van der Waals surface area contributed by atoms with Crippen molar-refractivity contribution in [3.63, 3.8) is 0 Å². The maximum absolute atomic E-state index is 12.5. The van der Waals surface area contributed by atoms with E-state index in [2.05, 4.69) is 37.8 Å². The molecule has 0 aliphatic carbocycles. The van der Waals surface area contributed by atoms with Crippen LogP contribution in [0.4, 0.5) is 0 Å². The van der Waals surface area contributed by atoms with Crippen molar-refractivity contribution in [2.45, 2.75) is 71.1 Å². The van der Waals surface area contributed by atoms with Crippen molar-refractivity contribution in [3.8, 4) is 5.75 Å². The number of likely N-dealkylation sites (N-methyl/N-ethyl adjacent to an activating group) is 1. The fourth-order valence-electron chi connectivity index (χ4n) is 4.05. The van der Waals surface area contributed by atoms with Gasteiger partial charge in [0.2, 0.25) is 5.91 Å². The molecule has 1 aromatic rings. The molecule has 0 bridgehead atoms. The first-order valence-electron chi connectivity index (χ1n) is 10.3. The van der Waals surface area contributed by atoms with E-state index < -0.39 is 0 Å². The summed E-state index contributed by atoms with van der Waals surface area (Å²) in [6.07, 6.45) is 3.63. The van der Waals surface area contributed by atoms with Crippen molar-refractivity contribution in [2.24, 2.45) is 0 Å². The number of nitrogens with zero attached hydrogens (tertiary/aromatic N) is 2. The van der Waals surface area contributed by atoms with E-state index in [4.69, 9.17) is 4.74 Å². The Balaban J connectivity index is 1.82. The van der Waals surface area contributed by atoms with Gasteiger partial charge in [-0.05, 0) is 63.8 Å². The van der Waals surface area contributed by atoms with E-state index >= 15 is 0 Å². The molecular weight excluding hydrogens is 340 g/mol. The van der Waals surface area contributed by atoms with Gasteiger partial charge < -0.3 is 14.7 Å². The molecule has 5 heteroatoms. The normalized spacial score (nSPS) is 17.8. The standard InChI is InChI=1S/C22H36N2O3/c1-5-24(18(3)16-19-7-9-21(27-4)10-8-19)17(2)6-11-22(26)23-14-12-20(25)13-15-23/h7-10,17-18,20,25H,5-6,11-16H2,1-4H3. The Morgan fingerprint density at radius 3 is 2.41 bits per heavy atom. The molecule has 1 heterocycles. The van der Waals surface area contributed by atoms with Gasteiger partial charge in [-0.2, -0.15) is 0 Å². The Hall–Kier alpha value is -1.59. The smallest absolute Gasteiger partial charge is 0.222 e. The molecule has 2 rings (SSSR count). The lowest BCUT2D eigenvalue weighted by atomic mass is 10.0. The molecule has 0 aromatic heterocycles. The first-order chi connectivity index (χ1) is 12.9. The molecule has 2 atom stereocenters. The molecule has 27 heavy (non-hydrogen) atoms. The summed E-state index contributed by atoms with van der Waals surface area (Å²) in [5.41, 5.74) is 1.30. The van der Waals surface area contributed by atoms with E-state index in [9.17, 15) is 9.90 Å². The summed E-state index contributed by atoms with van der Waals surface area (Å²) in [4.78, 5) is 16.9. The van der Waals surface area contributed by atoms with E-state index in [1.165, 1.54) is 5.56 Å². The fraction of sp³-hybridized carbons (Fsp3) is 0.682. The number of aliphatic hydroxyl groups excluding tert-OH is 1. The molecule has 1 fully saturated rings. The number of hydrogen-bond acceptors (Lipinski definition) is 4. The number of aliphatic hydroxyl groups is 1. The lowest BCUT2D eigenvalue weighted by Gasteiger charge is -2.35. The molecule has 152 valence electrons. The van der Waals surface area contributed by atoms with Gasteiger partial charge >= 0.3 is 0 Å². The topological polar surface area (TPSA) is 53.0 Å². The average Bonchev–Trinajstić information content (AvgIpc) is 2.67. The molecule has 0 saturated carbocycles. The van der Waals surface area contributed by atoms with E-state index in [1.807, 2.05) is 17.0 Å². The van der Waals surface area contributed by atoms with Crippen LogP contribution in [0.2, 0.25) is 0 Å². The maximum Gasteiger partial charge on any atom is 0.222 e. The van der Waals surface area contributed by atoms with Gasteiger partial charge in [0.1, 0.15) is 5.75 Å². The van der Waals surface area contributed by atoms with Crippen LogP contribution in [0.25, 0.3) is 0 Å². The highest BCUT2D eigenvalue weighted by Crippen LogP contribution is 2.18. The Morgan fingerprint density at radius 2 is 1.85 bits per heavy atom. The van der Waals surface area contributed by atoms with Crippen LogP contribution in [0.1, 0.15) is 52.0 Å². The van der Waals surface area contributed by atoms with Gasteiger partial charge in [-0.15, -0.1) is 0 Å². The Bertz CT molecular complexity index is 567. The third-order valence-electron chi connectivity index (χ3n) is 5.78. The highest BCUT2D eigenvalue weighted by atomic mass is 16.5. The number of amides is 1. The quantitative estimate of drug-likeness (QED) is 0.720. The number of carbonyl (C=O) groups excluding carboxylic acids is 1. The van der Waals surface area contributed by atoms with Gasteiger partial charge in [0.25, 0.3) is 0 Å². The third-order valence-corrected chi connectivity index (χ3v) is 5.78. The molecule has 0 spiro atoms. The lowest BCUT2D eigenvalue weighted by Crippen LogP contribution is -2.43. The number of likely N-dealkylation sites (tertiary alicyclic amines) is 1. The van der Waals surface area contributed by atoms with Crippen molar-refractivity contribution >= 4 is 5.91 Å². The summed E-state index contributed by atoms with van der Waals surface area (Å²) < 4.78 is 5.23. The second-order valence-corrected chi connectivity index (χ2v) is 7.73. The zero-order chi connectivity index (χ0) is 19.8. The summed E-state index contributed by atoms with van der Waals surface area (Å²) in [6.45, 7) is 9.04. The van der Waals surface area contributed by atoms with Crippen LogP contribution in [-0.2, 0) is 11.2 Å². The van der Waals surface area contributed by atoms with Crippen molar-refractivity contribution in [1.82, 2.24) is 9.80 Å². The molecule has 1 aliphatic heterocycles. The second kappa shape index (κ2) is 10.7. The van der Waals surface area contributed by atoms with E-state index in [0.717, 1.165) is 25.1 Å². The minimum absolute atomic E-state index is 0.229. The Kier molecular flexibility index (Phi) is 8.58. The monoisotopic (exact) mass is 376 g/mol. The van der Waals surface area contributed by atoms with Gasteiger partial charge in [-0.3, -0.25) is 9.69 Å². The summed E-state index contributed by atoms with van der Waals surface area (Å²) >= 11 is 0. The number of carbonyl (C=O) groups is 1. The zero-order valence-corrected chi connectivity index (χ0v) is 17.4. The van der Waals surface area contributed by atoms with Crippen LogP contribution < -0.4 is 4.74 Å². The largest absolute Gasteiger partial charge is 0.497 e. The van der Waals surface area contributed by atoms with Gasteiger partial charge in [0, 0.05) is 31.6 Å². The number of methoxy groups -OCH3 is 1. The molecular formula is C22H36N2O3. The van der Waals surface area contributed by atoms with Crippen molar-refractivity contribution in [2.75, 3.05) is 26.7 Å².